The van der Waals surface area contributed by atoms with Gasteiger partial charge in [0.15, 0.2) is 11.2 Å². The Labute approximate surface area is 145 Å². The van der Waals surface area contributed by atoms with Crippen LogP contribution in [0.4, 0.5) is 0 Å². The number of halogens is 1. The Morgan fingerprint density at radius 2 is 1.83 bits per heavy atom. The van der Waals surface area contributed by atoms with Crippen LogP contribution in [-0.4, -0.2) is 30.4 Å². The summed E-state index contributed by atoms with van der Waals surface area (Å²) in [6, 6.07) is 6.45. The maximum Gasteiger partial charge on any atom is 0.325 e. The van der Waals surface area contributed by atoms with Gasteiger partial charge in [-0.25, -0.2) is 0 Å². The molecule has 1 heterocycles. The minimum Gasteiger partial charge on any atom is -0.468 e. The maximum atomic E-state index is 13.3. The lowest BCUT2D eigenvalue weighted by atomic mass is 9.81. The molecule has 1 saturated heterocycles. The Bertz CT molecular complexity index is 738. The number of carbonyl (C=O) groups is 3. The van der Waals surface area contributed by atoms with E-state index in [-0.39, 0.29) is 5.78 Å². The first kappa shape index (κ1) is 17.0. The van der Waals surface area contributed by atoms with E-state index in [2.05, 4.69) is 0 Å². The van der Waals surface area contributed by atoms with E-state index < -0.39 is 34.3 Å². The second kappa shape index (κ2) is 5.06. The highest BCUT2D eigenvalue weighted by Gasteiger charge is 2.95. The number of benzene rings is 1. The van der Waals surface area contributed by atoms with Crippen LogP contribution in [0, 0.1) is 16.7 Å². The summed E-state index contributed by atoms with van der Waals surface area (Å²) in [6.45, 7) is 5.26. The lowest BCUT2D eigenvalue weighted by molar-refractivity contribution is -0.165. The smallest absolute Gasteiger partial charge is 0.325 e. The molecule has 2 fully saturated rings. The molecule has 6 heteroatoms. The van der Waals surface area contributed by atoms with Gasteiger partial charge in [0.1, 0.15) is 5.60 Å². The summed E-state index contributed by atoms with van der Waals surface area (Å²) < 4.78 is 10.3. The molecule has 0 radical (unpaired) electrons. The number of methoxy groups -OCH3 is 1. The van der Waals surface area contributed by atoms with Crippen molar-refractivity contribution in [2.45, 2.75) is 32.8 Å². The lowest BCUT2D eigenvalue weighted by Gasteiger charge is -2.28. The standard InChI is InChI=1S/C18H19ClO5/c1-5-17(12(20)10-6-8-11(19)9-7-10)13-16(2,3)24-15(22)18(13,17)14(21)23-4/h6-9,13H,5H2,1-4H3/t13-,17+,18+/m0/s1. The highest BCUT2D eigenvalue weighted by molar-refractivity contribution is 6.30. The molecule has 0 N–H and O–H groups in total. The van der Waals surface area contributed by atoms with Gasteiger partial charge in [-0.2, -0.15) is 0 Å². The first-order valence-electron chi connectivity index (χ1n) is 7.82. The van der Waals surface area contributed by atoms with Crippen molar-refractivity contribution in [1.29, 1.82) is 0 Å². The fraction of sp³-hybridized carbons (Fsp3) is 0.500. The summed E-state index contributed by atoms with van der Waals surface area (Å²) in [5.74, 6) is -2.17. The zero-order valence-corrected chi connectivity index (χ0v) is 14.8. The van der Waals surface area contributed by atoms with Gasteiger partial charge < -0.3 is 9.47 Å². The fourth-order valence-electron chi connectivity index (χ4n) is 4.68. The van der Waals surface area contributed by atoms with E-state index >= 15 is 0 Å². The van der Waals surface area contributed by atoms with E-state index in [0.29, 0.717) is 17.0 Å². The Hall–Kier alpha value is -1.88. The molecule has 1 aliphatic heterocycles. The van der Waals surface area contributed by atoms with Gasteiger partial charge in [0.05, 0.1) is 12.5 Å². The van der Waals surface area contributed by atoms with Gasteiger partial charge in [0, 0.05) is 16.5 Å². The molecular weight excluding hydrogens is 332 g/mol. The van der Waals surface area contributed by atoms with Crippen LogP contribution in [0.15, 0.2) is 24.3 Å². The van der Waals surface area contributed by atoms with Gasteiger partial charge in [-0.05, 0) is 44.5 Å². The molecule has 0 aromatic heterocycles. The third-order valence-corrected chi connectivity index (χ3v) is 5.75. The molecule has 1 aromatic rings. The number of hydrogen-bond acceptors (Lipinski definition) is 5. The Morgan fingerprint density at radius 3 is 2.33 bits per heavy atom. The number of carbonyl (C=O) groups excluding carboxylic acids is 3. The molecule has 2 aliphatic rings. The van der Waals surface area contributed by atoms with Crippen LogP contribution >= 0.6 is 11.6 Å². The predicted octanol–water partition coefficient (Wildman–Crippen LogP) is 3.04. The highest BCUT2D eigenvalue weighted by Crippen LogP contribution is 2.80. The summed E-state index contributed by atoms with van der Waals surface area (Å²) in [5.41, 5.74) is -3.20. The Morgan fingerprint density at radius 1 is 1.25 bits per heavy atom. The third-order valence-electron chi connectivity index (χ3n) is 5.50. The lowest BCUT2D eigenvalue weighted by Crippen LogP contribution is -2.40. The summed E-state index contributed by atoms with van der Waals surface area (Å²) >= 11 is 5.89. The second-order valence-electron chi connectivity index (χ2n) is 6.89. The number of esters is 2. The molecule has 128 valence electrons. The molecule has 0 spiro atoms. The van der Waals surface area contributed by atoms with Crippen LogP contribution in [0.25, 0.3) is 0 Å². The van der Waals surface area contributed by atoms with Crippen molar-refractivity contribution >= 4 is 29.3 Å². The van der Waals surface area contributed by atoms with E-state index in [1.54, 1.807) is 45.0 Å². The summed E-state index contributed by atoms with van der Waals surface area (Å²) in [7, 11) is 1.22. The number of ether oxygens (including phenoxy) is 2. The number of Topliss-reactive ketones (excluding diaryl/α,β-unsaturated/α-hetero) is 1. The topological polar surface area (TPSA) is 69.7 Å². The Balaban J connectivity index is 2.16. The molecule has 1 aromatic carbocycles. The molecular formula is C18H19ClO5. The van der Waals surface area contributed by atoms with E-state index in [1.165, 1.54) is 7.11 Å². The Kier molecular flexibility index (Phi) is 3.57. The monoisotopic (exact) mass is 350 g/mol. The van der Waals surface area contributed by atoms with Crippen LogP contribution in [-0.2, 0) is 19.1 Å². The van der Waals surface area contributed by atoms with Crippen molar-refractivity contribution < 1.29 is 23.9 Å². The number of cyclic esters (lactones) is 1. The molecule has 1 saturated carbocycles. The summed E-state index contributed by atoms with van der Waals surface area (Å²) in [4.78, 5) is 38.5. The molecule has 3 atom stereocenters. The zero-order valence-electron chi connectivity index (χ0n) is 14.0. The van der Waals surface area contributed by atoms with Gasteiger partial charge >= 0.3 is 11.9 Å². The van der Waals surface area contributed by atoms with Crippen LogP contribution in [0.1, 0.15) is 37.6 Å². The number of ketones is 1. The summed E-state index contributed by atoms with van der Waals surface area (Å²) in [6.07, 6.45) is 0.340. The number of rotatable bonds is 4. The highest BCUT2D eigenvalue weighted by atomic mass is 35.5. The molecule has 0 bridgehead atoms. The van der Waals surface area contributed by atoms with Crippen LogP contribution < -0.4 is 0 Å². The average molecular weight is 351 g/mol. The van der Waals surface area contributed by atoms with Crippen molar-refractivity contribution in [3.05, 3.63) is 34.9 Å². The molecule has 0 unspecified atom stereocenters. The van der Waals surface area contributed by atoms with Gasteiger partial charge in [-0.1, -0.05) is 18.5 Å². The van der Waals surface area contributed by atoms with Crippen molar-refractivity contribution in [2.75, 3.05) is 7.11 Å². The average Bonchev–Trinajstić information content (AvgIpc) is 3.14. The third kappa shape index (κ3) is 1.73. The SMILES string of the molecule is CC[C@@]1(C(=O)c2ccc(Cl)cc2)[C@@H]2C(C)(C)OC(=O)[C@]21C(=O)OC. The second-order valence-corrected chi connectivity index (χ2v) is 7.32. The molecule has 3 rings (SSSR count). The molecule has 5 nitrogen and oxygen atoms in total. The van der Waals surface area contributed by atoms with E-state index in [1.807, 2.05) is 0 Å². The van der Waals surface area contributed by atoms with Gasteiger partial charge in [-0.15, -0.1) is 0 Å². The quantitative estimate of drug-likeness (QED) is 0.474. The van der Waals surface area contributed by atoms with Crippen LogP contribution in [0.3, 0.4) is 0 Å². The predicted molar refractivity (Wildman–Crippen MR) is 86.6 cm³/mol. The van der Waals surface area contributed by atoms with Gasteiger partial charge in [-0.3, -0.25) is 14.4 Å². The number of hydrogen-bond donors (Lipinski definition) is 0. The normalized spacial score (nSPS) is 32.7. The molecule has 24 heavy (non-hydrogen) atoms. The van der Waals surface area contributed by atoms with E-state index in [0.717, 1.165) is 0 Å². The van der Waals surface area contributed by atoms with Crippen LogP contribution in [0.2, 0.25) is 5.02 Å². The van der Waals surface area contributed by atoms with Crippen molar-refractivity contribution in [2.24, 2.45) is 16.7 Å². The maximum absolute atomic E-state index is 13.3. The minimum atomic E-state index is -1.56. The first-order valence-corrected chi connectivity index (χ1v) is 8.20. The van der Waals surface area contributed by atoms with Crippen molar-refractivity contribution in [1.82, 2.24) is 0 Å². The van der Waals surface area contributed by atoms with Gasteiger partial charge in [0.2, 0.25) is 0 Å². The van der Waals surface area contributed by atoms with Crippen molar-refractivity contribution in [3.63, 3.8) is 0 Å². The summed E-state index contributed by atoms with van der Waals surface area (Å²) in [5, 5.41) is 0.510. The van der Waals surface area contributed by atoms with Gasteiger partial charge in [0.25, 0.3) is 0 Å². The van der Waals surface area contributed by atoms with Crippen LogP contribution in [0.5, 0.6) is 0 Å². The minimum absolute atomic E-state index is 0.248. The van der Waals surface area contributed by atoms with Crippen molar-refractivity contribution in [3.8, 4) is 0 Å². The van der Waals surface area contributed by atoms with E-state index in [4.69, 9.17) is 21.1 Å². The fourth-order valence-corrected chi connectivity index (χ4v) is 4.81. The molecule has 0 amide bonds. The number of fused-ring (bicyclic) bond motifs is 1. The zero-order chi connectivity index (χ0) is 17.9. The largest absolute Gasteiger partial charge is 0.468 e. The first-order chi connectivity index (χ1) is 11.2. The van der Waals surface area contributed by atoms with E-state index in [9.17, 15) is 14.4 Å². The molecule has 1 aliphatic carbocycles.